The Morgan fingerprint density at radius 3 is 2.08 bits per heavy atom. The van der Waals surface area contributed by atoms with Gasteiger partial charge in [-0.1, -0.05) is 6.07 Å². The third-order valence-electron chi connectivity index (χ3n) is 3.65. The van der Waals surface area contributed by atoms with Crippen molar-refractivity contribution in [1.82, 2.24) is 0 Å². The molecule has 0 aromatic heterocycles. The zero-order chi connectivity index (χ0) is 19.3. The van der Waals surface area contributed by atoms with Gasteiger partial charge in [0.2, 0.25) is 0 Å². The second kappa shape index (κ2) is 7.80. The highest BCUT2D eigenvalue weighted by atomic mass is 19.5. The molecule has 0 atom stereocenters. The molecule has 0 bridgehead atoms. The van der Waals surface area contributed by atoms with Crippen molar-refractivity contribution in [3.63, 3.8) is 0 Å². The van der Waals surface area contributed by atoms with Crippen LogP contribution in [0.1, 0.15) is 29.1 Å². The first kappa shape index (κ1) is 20.9. The largest absolute Gasteiger partial charge is 1.00 e. The van der Waals surface area contributed by atoms with E-state index in [2.05, 4.69) is 4.99 Å². The normalized spacial score (nSPS) is 18.0. The molecular formula is C16H22BF4NO3. The quantitative estimate of drug-likeness (QED) is 0.418. The molecule has 25 heavy (non-hydrogen) atoms. The van der Waals surface area contributed by atoms with Gasteiger partial charge in [-0.05, 0) is 39.8 Å². The van der Waals surface area contributed by atoms with E-state index in [1.165, 1.54) is 0 Å². The first-order valence-electron chi connectivity index (χ1n) is 7.48. The van der Waals surface area contributed by atoms with Gasteiger partial charge < -0.3 is 31.5 Å². The first-order chi connectivity index (χ1) is 11.3. The second-order valence-corrected chi connectivity index (χ2v) is 6.18. The van der Waals surface area contributed by atoms with Crippen molar-refractivity contribution in [1.29, 1.82) is 0 Å². The highest BCUT2D eigenvalue weighted by Gasteiger charge is 2.48. The number of methoxy groups -OCH3 is 1. The molecule has 9 heteroatoms. The maximum atomic E-state index is 9.75. The van der Waals surface area contributed by atoms with Crippen LogP contribution in [0.4, 0.5) is 23.0 Å². The van der Waals surface area contributed by atoms with Crippen LogP contribution in [0.5, 0.6) is 5.75 Å². The molecule has 0 radical (unpaired) electrons. The molecule has 2 rings (SSSR count). The van der Waals surface area contributed by atoms with Crippen LogP contribution in [0.15, 0.2) is 41.3 Å². The number of rotatable bonds is 3. The highest BCUT2D eigenvalue weighted by molar-refractivity contribution is 6.50. The smallest absolute Gasteiger partial charge is 0.497 e. The Morgan fingerprint density at radius 2 is 1.60 bits per heavy atom. The summed E-state index contributed by atoms with van der Waals surface area (Å²) in [5.41, 5.74) is 0.100. The molecule has 140 valence electrons. The van der Waals surface area contributed by atoms with Crippen LogP contribution in [-0.2, 0) is 9.47 Å². The van der Waals surface area contributed by atoms with Crippen molar-refractivity contribution in [3.8, 4) is 5.75 Å². The van der Waals surface area contributed by atoms with E-state index >= 15 is 0 Å². The lowest BCUT2D eigenvalue weighted by Gasteiger charge is -2.28. The van der Waals surface area contributed by atoms with Crippen LogP contribution in [0.25, 0.3) is 0 Å². The van der Waals surface area contributed by atoms with Crippen LogP contribution in [0, 0.1) is 0 Å². The van der Waals surface area contributed by atoms with Gasteiger partial charge in [0.25, 0.3) is 5.95 Å². The number of nitrogens with zero attached hydrogens (tertiary/aromatic N) is 1. The fourth-order valence-electron chi connectivity index (χ4n) is 1.71. The van der Waals surface area contributed by atoms with Crippen LogP contribution >= 0.6 is 0 Å². The maximum absolute atomic E-state index is 9.75. The van der Waals surface area contributed by atoms with Gasteiger partial charge in [-0.2, -0.15) is 0 Å². The van der Waals surface area contributed by atoms with Crippen molar-refractivity contribution >= 4 is 19.2 Å². The van der Waals surface area contributed by atoms with Crippen LogP contribution in [0.2, 0.25) is 0 Å². The fraction of sp³-hybridized carbons (Fsp3) is 0.438. The summed E-state index contributed by atoms with van der Waals surface area (Å²) in [5, 5.41) is 0. The summed E-state index contributed by atoms with van der Waals surface area (Å²) in [5.74, 6) is 1.27. The molecule has 1 heterocycles. The van der Waals surface area contributed by atoms with Crippen molar-refractivity contribution < 1.29 is 32.9 Å². The molecule has 0 N–H and O–H groups in total. The zero-order valence-corrected chi connectivity index (χ0v) is 14.7. The van der Waals surface area contributed by atoms with Gasteiger partial charge >= 0.3 is 8.68 Å². The van der Waals surface area contributed by atoms with Gasteiger partial charge in [-0.25, -0.2) is 0 Å². The number of benzene rings is 1. The summed E-state index contributed by atoms with van der Waals surface area (Å²) >= 11 is 0. The minimum Gasteiger partial charge on any atom is -0.497 e. The Morgan fingerprint density at radius 1 is 1.08 bits per heavy atom. The summed E-state index contributed by atoms with van der Waals surface area (Å²) < 4.78 is 55.7. The molecule has 1 saturated heterocycles. The molecule has 1 aromatic carbocycles. The van der Waals surface area contributed by atoms with Gasteiger partial charge in [0.1, 0.15) is 17.0 Å². The standard InChI is InChI=1S/C16H21NO3.BF4/c1-15(2)16(3,4)20-14(19-15)9-10-17-12-7-6-8-13(11-12)18-5;2-1(3,4)5/h6-11H,1-5H3;/q;-1/p+1. The third-order valence-corrected chi connectivity index (χ3v) is 3.65. The van der Waals surface area contributed by atoms with Crippen molar-refractivity contribution in [2.24, 2.45) is 4.99 Å². The maximum Gasteiger partial charge on any atom is 1.00 e. The average Bonchev–Trinajstić information content (AvgIpc) is 2.65. The van der Waals surface area contributed by atoms with Crippen LogP contribution in [-0.4, -0.2) is 31.8 Å². The van der Waals surface area contributed by atoms with Crippen molar-refractivity contribution in [2.45, 2.75) is 38.9 Å². The summed E-state index contributed by atoms with van der Waals surface area (Å²) in [4.78, 5) is 4.33. The molecular weight excluding hydrogens is 341 g/mol. The van der Waals surface area contributed by atoms with Crippen molar-refractivity contribution in [3.05, 3.63) is 36.3 Å². The number of aliphatic imine (C=N–C) groups is 1. The molecule has 0 aliphatic carbocycles. The first-order valence-corrected chi connectivity index (χ1v) is 7.48. The van der Waals surface area contributed by atoms with Gasteiger partial charge in [0.05, 0.1) is 12.8 Å². The predicted octanol–water partition coefficient (Wildman–Crippen LogP) is 5.26. The number of halogens is 4. The monoisotopic (exact) mass is 363 g/mol. The lowest BCUT2D eigenvalue weighted by molar-refractivity contribution is 0.00578. The van der Waals surface area contributed by atoms with E-state index in [0.29, 0.717) is 5.95 Å². The number of hydrogen-bond acceptors (Lipinski definition) is 4. The second-order valence-electron chi connectivity index (χ2n) is 6.18. The Hall–Kier alpha value is -2.19. The van der Waals surface area contributed by atoms with E-state index in [9.17, 15) is 17.3 Å². The number of hydrogen-bond donors (Lipinski definition) is 0. The molecule has 0 spiro atoms. The number of allylic oxidation sites excluding steroid dienone is 1. The Kier molecular flexibility index (Phi) is 6.51. The molecule has 4 nitrogen and oxygen atoms in total. The molecule has 0 amide bonds. The SMILES string of the molecule is COc1cccc(N=CC=C2OC(C)(C)C(C)(C)O2)c1.F[B-](F)(F)F.[H+]. The minimum atomic E-state index is -6.00. The zero-order valence-electron chi connectivity index (χ0n) is 15.7. The van der Waals surface area contributed by atoms with Crippen LogP contribution in [0.3, 0.4) is 0 Å². The van der Waals surface area contributed by atoms with Gasteiger partial charge in [0, 0.05) is 18.4 Å². The summed E-state index contributed by atoms with van der Waals surface area (Å²) in [7, 11) is -4.37. The van der Waals surface area contributed by atoms with E-state index in [-0.39, 0.29) is 12.6 Å². The summed E-state index contributed by atoms with van der Waals surface area (Å²) in [6, 6.07) is 7.54. The fourth-order valence-corrected chi connectivity index (χ4v) is 1.71. The van der Waals surface area contributed by atoms with E-state index < -0.39 is 7.25 Å². The summed E-state index contributed by atoms with van der Waals surface area (Å²) in [6.07, 6.45) is 3.40. The topological polar surface area (TPSA) is 40.0 Å². The minimum absolute atomic E-state index is 0. The van der Waals surface area contributed by atoms with Crippen molar-refractivity contribution in [2.75, 3.05) is 7.11 Å². The predicted molar refractivity (Wildman–Crippen MR) is 90.9 cm³/mol. The average molecular weight is 363 g/mol. The molecule has 1 fully saturated rings. The van der Waals surface area contributed by atoms with E-state index in [1.807, 2.05) is 52.0 Å². The Balaban J connectivity index is 0.000000923. The summed E-state index contributed by atoms with van der Waals surface area (Å²) in [6.45, 7) is 8.03. The molecule has 0 saturated carbocycles. The molecule has 1 aliphatic rings. The van der Waals surface area contributed by atoms with Gasteiger partial charge in [0.15, 0.2) is 0 Å². The molecule has 1 aromatic rings. The van der Waals surface area contributed by atoms with E-state index in [4.69, 9.17) is 14.2 Å². The number of ether oxygens (including phenoxy) is 3. The van der Waals surface area contributed by atoms with E-state index in [1.54, 1.807) is 19.4 Å². The third kappa shape index (κ3) is 7.07. The van der Waals surface area contributed by atoms with Gasteiger partial charge in [-0.15, -0.1) is 0 Å². The highest BCUT2D eigenvalue weighted by Crippen LogP contribution is 2.39. The Labute approximate surface area is 146 Å². The lowest BCUT2D eigenvalue weighted by Crippen LogP contribution is -2.41. The van der Waals surface area contributed by atoms with Gasteiger partial charge in [-0.3, -0.25) is 4.99 Å². The van der Waals surface area contributed by atoms with E-state index in [0.717, 1.165) is 11.4 Å². The molecule has 1 aliphatic heterocycles. The lowest BCUT2D eigenvalue weighted by atomic mass is 9.90. The van der Waals surface area contributed by atoms with Crippen LogP contribution < -0.4 is 4.74 Å². The molecule has 0 unspecified atom stereocenters. The Bertz CT molecular complexity index is 625.